The Balaban J connectivity index is 1.74. The van der Waals surface area contributed by atoms with Crippen LogP contribution in [-0.4, -0.2) is 62.0 Å². The molecule has 1 fully saturated rings. The predicted molar refractivity (Wildman–Crippen MR) is 144 cm³/mol. The molecule has 0 spiro atoms. The molecule has 2 aromatic rings. The van der Waals surface area contributed by atoms with Crippen LogP contribution in [0.15, 0.2) is 64.7 Å². The molecule has 1 unspecified atom stereocenters. The molecule has 0 aliphatic carbocycles. The molecule has 2 aliphatic rings. The summed E-state index contributed by atoms with van der Waals surface area (Å²) >= 11 is 0. The van der Waals surface area contributed by atoms with Gasteiger partial charge in [0.2, 0.25) is 0 Å². The van der Waals surface area contributed by atoms with E-state index in [1.165, 1.54) is 6.07 Å². The van der Waals surface area contributed by atoms with Crippen molar-refractivity contribution in [2.45, 2.75) is 32.5 Å². The Labute approximate surface area is 222 Å². The van der Waals surface area contributed by atoms with Crippen molar-refractivity contribution in [2.24, 2.45) is 10.4 Å². The van der Waals surface area contributed by atoms with Crippen LogP contribution in [0.3, 0.4) is 0 Å². The number of aliphatic imine (C=N–C) groups is 1. The second-order valence-corrected chi connectivity index (χ2v) is 10.9. The number of alkyl halides is 3. The Morgan fingerprint density at radius 2 is 1.82 bits per heavy atom. The second kappa shape index (κ2) is 10.8. The lowest BCUT2D eigenvalue weighted by Gasteiger charge is -2.36. The summed E-state index contributed by atoms with van der Waals surface area (Å²) in [6.07, 6.45) is -4.15. The minimum Gasteiger partial charge on any atom is -0.483 e. The normalized spacial score (nSPS) is 18.2. The number of nitrogens with zero attached hydrogens (tertiary/aromatic N) is 2. The lowest BCUT2D eigenvalue weighted by molar-refractivity contribution is -0.153. The molecule has 0 bridgehead atoms. The third kappa shape index (κ3) is 6.28. The highest BCUT2D eigenvalue weighted by molar-refractivity contribution is 7.17. The molecule has 38 heavy (non-hydrogen) atoms. The molecule has 6 nitrogen and oxygen atoms in total. The molecular weight excluding hydrogens is 516 g/mol. The molecule has 0 saturated carbocycles. The van der Waals surface area contributed by atoms with Gasteiger partial charge in [-0.05, 0) is 49.8 Å². The SMILES string of the molecule is CC1(C/N=C(\C2=C(CP)C(=O)N(c3ccc(C(C)(C)O)cc3)C2)c2ccccc2OCC(F)(F)F)COC1. The highest BCUT2D eigenvalue weighted by Crippen LogP contribution is 2.34. The Morgan fingerprint density at radius 3 is 2.37 bits per heavy atom. The molecule has 2 heterocycles. The van der Waals surface area contributed by atoms with Crippen LogP contribution in [0, 0.1) is 5.41 Å². The molecule has 2 aromatic carbocycles. The maximum Gasteiger partial charge on any atom is 0.422 e. The number of halogens is 3. The van der Waals surface area contributed by atoms with Crippen LogP contribution in [0.5, 0.6) is 5.75 Å². The van der Waals surface area contributed by atoms with Crippen molar-refractivity contribution in [1.29, 1.82) is 0 Å². The Morgan fingerprint density at radius 1 is 1.16 bits per heavy atom. The molecule has 204 valence electrons. The average molecular weight is 549 g/mol. The first-order valence-electron chi connectivity index (χ1n) is 12.3. The number of aliphatic hydroxyl groups is 1. The highest BCUT2D eigenvalue weighted by atomic mass is 31.0. The number of amides is 1. The Kier molecular flexibility index (Phi) is 8.03. The van der Waals surface area contributed by atoms with Crippen LogP contribution in [0.2, 0.25) is 0 Å². The van der Waals surface area contributed by atoms with Crippen molar-refractivity contribution < 1.29 is 32.5 Å². The van der Waals surface area contributed by atoms with E-state index in [2.05, 4.69) is 9.24 Å². The smallest absolute Gasteiger partial charge is 0.422 e. The summed E-state index contributed by atoms with van der Waals surface area (Å²) in [6.45, 7) is 5.62. The fourth-order valence-electron chi connectivity index (χ4n) is 4.41. The van der Waals surface area contributed by atoms with Crippen molar-refractivity contribution >= 4 is 26.5 Å². The van der Waals surface area contributed by atoms with E-state index in [9.17, 15) is 23.1 Å². The van der Waals surface area contributed by atoms with Gasteiger partial charge in [-0.3, -0.25) is 9.79 Å². The van der Waals surface area contributed by atoms with Gasteiger partial charge in [0.05, 0.1) is 31.1 Å². The largest absolute Gasteiger partial charge is 0.483 e. The zero-order valence-electron chi connectivity index (χ0n) is 21.6. The summed E-state index contributed by atoms with van der Waals surface area (Å²) in [4.78, 5) is 20.0. The van der Waals surface area contributed by atoms with E-state index < -0.39 is 18.4 Å². The average Bonchev–Trinajstić information content (AvgIpc) is 3.17. The Bertz CT molecular complexity index is 1250. The van der Waals surface area contributed by atoms with Gasteiger partial charge in [0.1, 0.15) is 5.75 Å². The van der Waals surface area contributed by atoms with Crippen LogP contribution in [0.25, 0.3) is 0 Å². The molecule has 0 radical (unpaired) electrons. The van der Waals surface area contributed by atoms with Crippen molar-refractivity contribution in [2.75, 3.05) is 44.0 Å². The van der Waals surface area contributed by atoms with Gasteiger partial charge < -0.3 is 19.5 Å². The summed E-state index contributed by atoms with van der Waals surface area (Å²) in [5, 5.41) is 10.3. The van der Waals surface area contributed by atoms with Gasteiger partial charge >= 0.3 is 6.18 Å². The fraction of sp³-hybridized carbons (Fsp3) is 0.429. The number of hydrogen-bond acceptors (Lipinski definition) is 5. The lowest BCUT2D eigenvalue weighted by atomic mass is 9.88. The lowest BCUT2D eigenvalue weighted by Crippen LogP contribution is -2.42. The number of benzene rings is 2. The molecule has 10 heteroatoms. The van der Waals surface area contributed by atoms with Crippen molar-refractivity contribution in [3.8, 4) is 5.75 Å². The zero-order valence-corrected chi connectivity index (χ0v) is 22.8. The molecule has 1 amide bonds. The first-order chi connectivity index (χ1) is 17.8. The number of anilines is 1. The van der Waals surface area contributed by atoms with Gasteiger partial charge in [0.25, 0.3) is 5.91 Å². The van der Waals surface area contributed by atoms with E-state index in [0.29, 0.717) is 59.6 Å². The van der Waals surface area contributed by atoms with Crippen molar-refractivity contribution in [3.05, 3.63) is 70.8 Å². The second-order valence-electron chi connectivity index (χ2n) is 10.5. The number of hydrogen-bond donors (Lipinski definition) is 1. The molecule has 1 saturated heterocycles. The molecule has 0 aromatic heterocycles. The van der Waals surface area contributed by atoms with E-state index in [0.717, 1.165) is 0 Å². The number of para-hydroxylation sites is 1. The van der Waals surface area contributed by atoms with Crippen LogP contribution in [0.1, 0.15) is 31.9 Å². The van der Waals surface area contributed by atoms with E-state index in [1.54, 1.807) is 61.2 Å². The molecule has 1 atom stereocenters. The topological polar surface area (TPSA) is 71.4 Å². The zero-order chi connectivity index (χ0) is 27.7. The van der Waals surface area contributed by atoms with Gasteiger partial charge in [-0.25, -0.2) is 0 Å². The molecular formula is C28H32F3N2O4P. The number of ether oxygens (including phenoxy) is 2. The maximum absolute atomic E-state index is 13.5. The summed E-state index contributed by atoms with van der Waals surface area (Å²) in [5.41, 5.74) is 2.14. The van der Waals surface area contributed by atoms with Crippen LogP contribution in [-0.2, 0) is 15.1 Å². The minimum absolute atomic E-state index is 0.0506. The van der Waals surface area contributed by atoms with Gasteiger partial charge in [-0.1, -0.05) is 31.2 Å². The molecule has 2 aliphatic heterocycles. The first-order valence-corrected chi connectivity index (χ1v) is 13.1. The van der Waals surface area contributed by atoms with Gasteiger partial charge in [-0.2, -0.15) is 13.2 Å². The van der Waals surface area contributed by atoms with Crippen molar-refractivity contribution in [1.82, 2.24) is 0 Å². The highest BCUT2D eigenvalue weighted by Gasteiger charge is 2.37. The molecule has 1 N–H and O–H groups in total. The quantitative estimate of drug-likeness (QED) is 0.358. The van der Waals surface area contributed by atoms with Crippen LogP contribution >= 0.6 is 9.24 Å². The van der Waals surface area contributed by atoms with E-state index in [4.69, 9.17) is 14.5 Å². The number of carbonyl (C=O) groups is 1. The predicted octanol–water partition coefficient (Wildman–Crippen LogP) is 4.90. The monoisotopic (exact) mass is 548 g/mol. The summed E-state index contributed by atoms with van der Waals surface area (Å²) in [6, 6.07) is 13.6. The standard InChI is InChI=1S/C28H32F3N2O4P/c1-26(2,35)18-8-10-19(11-9-18)33-12-21(22(13-38)25(33)34)24(32-14-27(3)15-36-16-27)20-6-4-5-7-23(20)37-17-28(29,30)31/h4-11,35H,12-17,38H2,1-3H3/b32-24-. The van der Waals surface area contributed by atoms with E-state index >= 15 is 0 Å². The number of carbonyl (C=O) groups excluding carboxylic acids is 1. The van der Waals surface area contributed by atoms with E-state index in [-0.39, 0.29) is 23.6 Å². The Hall–Kier alpha value is -2.74. The number of rotatable bonds is 9. The third-order valence-corrected chi connectivity index (χ3v) is 7.02. The summed E-state index contributed by atoms with van der Waals surface area (Å²) in [5.74, 6) is -0.153. The van der Waals surface area contributed by atoms with Crippen molar-refractivity contribution in [3.63, 3.8) is 0 Å². The third-order valence-electron chi connectivity index (χ3n) is 6.61. The first kappa shape index (κ1) is 28.3. The summed E-state index contributed by atoms with van der Waals surface area (Å²) in [7, 11) is 2.57. The molecule has 4 rings (SSSR count). The minimum atomic E-state index is -4.50. The van der Waals surface area contributed by atoms with Gasteiger partial charge in [0.15, 0.2) is 6.61 Å². The van der Waals surface area contributed by atoms with Gasteiger partial charge in [0, 0.05) is 34.4 Å². The van der Waals surface area contributed by atoms with Crippen LogP contribution < -0.4 is 9.64 Å². The fourth-order valence-corrected chi connectivity index (χ4v) is 4.83. The van der Waals surface area contributed by atoms with E-state index in [1.807, 2.05) is 6.92 Å². The maximum atomic E-state index is 13.5. The van der Waals surface area contributed by atoms with Crippen LogP contribution in [0.4, 0.5) is 18.9 Å². The summed E-state index contributed by atoms with van der Waals surface area (Å²) < 4.78 is 49.5. The van der Waals surface area contributed by atoms with Gasteiger partial charge in [-0.15, -0.1) is 9.24 Å².